The van der Waals surface area contributed by atoms with Crippen molar-refractivity contribution in [2.75, 3.05) is 7.11 Å². The number of alkyl halides is 3. The maximum Gasteiger partial charge on any atom is 0.416 e. The van der Waals surface area contributed by atoms with E-state index in [0.717, 1.165) is 29.5 Å². The third-order valence-electron chi connectivity index (χ3n) is 4.99. The van der Waals surface area contributed by atoms with Crippen LogP contribution in [0.1, 0.15) is 39.6 Å². The molecule has 0 saturated carbocycles. The van der Waals surface area contributed by atoms with E-state index < -0.39 is 23.7 Å². The number of pyridine rings is 1. The Balaban J connectivity index is 1.58. The summed E-state index contributed by atoms with van der Waals surface area (Å²) < 4.78 is 46.2. The van der Waals surface area contributed by atoms with E-state index in [0.29, 0.717) is 24.5 Å². The Morgan fingerprint density at radius 3 is 2.81 bits per heavy atom. The van der Waals surface area contributed by atoms with Crippen LogP contribution in [0.15, 0.2) is 42.6 Å². The topological polar surface area (TPSA) is 92.8 Å². The second kappa shape index (κ2) is 7.75. The number of aryl methyl sites for hydroxylation is 1. The summed E-state index contributed by atoms with van der Waals surface area (Å²) in [6.45, 7) is 0.550. The third kappa shape index (κ3) is 4.07. The fourth-order valence-electron chi connectivity index (χ4n) is 3.49. The van der Waals surface area contributed by atoms with Gasteiger partial charge in [-0.25, -0.2) is 4.98 Å². The number of hydrogen-bond donors (Lipinski definition) is 1. The van der Waals surface area contributed by atoms with Crippen LogP contribution >= 0.6 is 0 Å². The second-order valence-corrected chi connectivity index (χ2v) is 6.99. The molecule has 0 spiro atoms. The van der Waals surface area contributed by atoms with Gasteiger partial charge in [0.25, 0.3) is 5.91 Å². The second-order valence-electron chi connectivity index (χ2n) is 6.99. The summed E-state index contributed by atoms with van der Waals surface area (Å²) in [6.07, 6.45) is -2.51. The highest BCUT2D eigenvalue weighted by Gasteiger charge is 2.33. The van der Waals surface area contributed by atoms with Gasteiger partial charge < -0.3 is 10.1 Å². The first-order valence-corrected chi connectivity index (χ1v) is 9.30. The average Bonchev–Trinajstić information content (AvgIpc) is 3.34. The first kappa shape index (κ1) is 20.4. The highest BCUT2D eigenvalue weighted by atomic mass is 19.4. The Hall–Kier alpha value is -3.87. The van der Waals surface area contributed by atoms with E-state index in [-0.39, 0.29) is 11.1 Å². The molecule has 158 valence electrons. The molecule has 7 nitrogen and oxygen atoms in total. The quantitative estimate of drug-likeness (QED) is 0.685. The smallest absolute Gasteiger partial charge is 0.416 e. The van der Waals surface area contributed by atoms with E-state index in [1.807, 2.05) is 6.07 Å². The summed E-state index contributed by atoms with van der Waals surface area (Å²) in [6, 6.07) is 9.19. The van der Waals surface area contributed by atoms with Crippen LogP contribution in [0.5, 0.6) is 5.88 Å². The number of aromatic nitrogens is 3. The summed E-state index contributed by atoms with van der Waals surface area (Å²) in [5.41, 5.74) is 0.707. The fourth-order valence-corrected chi connectivity index (χ4v) is 3.49. The molecular weight excluding hydrogens is 411 g/mol. The van der Waals surface area contributed by atoms with E-state index in [1.165, 1.54) is 7.11 Å². The molecule has 1 amide bonds. The summed E-state index contributed by atoms with van der Waals surface area (Å²) in [5.74, 6) is -0.247. The van der Waals surface area contributed by atoms with Gasteiger partial charge in [0.05, 0.1) is 41.7 Å². The van der Waals surface area contributed by atoms with Gasteiger partial charge in [0.2, 0.25) is 5.88 Å². The summed E-state index contributed by atoms with van der Waals surface area (Å²) in [4.78, 5) is 16.7. The number of ether oxygens (including phenoxy) is 1. The molecular formula is C21H16F3N5O2. The number of nitriles is 1. The minimum atomic E-state index is -4.66. The normalized spacial score (nSPS) is 15.3. The van der Waals surface area contributed by atoms with Crippen molar-refractivity contribution >= 4 is 5.91 Å². The Kier molecular flexibility index (Phi) is 5.10. The molecule has 1 N–H and O–H groups in total. The van der Waals surface area contributed by atoms with E-state index in [1.54, 1.807) is 29.1 Å². The van der Waals surface area contributed by atoms with Gasteiger partial charge >= 0.3 is 6.18 Å². The summed E-state index contributed by atoms with van der Waals surface area (Å²) in [5, 5.41) is 16.3. The van der Waals surface area contributed by atoms with Gasteiger partial charge in [0.1, 0.15) is 0 Å². The Morgan fingerprint density at radius 2 is 2.10 bits per heavy atom. The number of benzene rings is 1. The molecule has 0 bridgehead atoms. The first-order chi connectivity index (χ1) is 14.8. The molecule has 10 heteroatoms. The molecule has 0 radical (unpaired) electrons. The number of nitrogens with zero attached hydrogens (tertiary/aromatic N) is 4. The number of methoxy groups -OCH3 is 1. The maximum atomic E-state index is 13.1. The van der Waals surface area contributed by atoms with Crippen LogP contribution in [0.2, 0.25) is 0 Å². The molecule has 0 aliphatic carbocycles. The van der Waals surface area contributed by atoms with Gasteiger partial charge in [-0.3, -0.25) is 9.48 Å². The number of carbonyl (C=O) groups is 1. The Labute approximate surface area is 175 Å². The van der Waals surface area contributed by atoms with Crippen molar-refractivity contribution in [1.82, 2.24) is 20.1 Å². The average molecular weight is 427 g/mol. The molecule has 0 fully saturated rings. The molecule has 1 unspecified atom stereocenters. The first-order valence-electron chi connectivity index (χ1n) is 9.30. The predicted molar refractivity (Wildman–Crippen MR) is 103 cm³/mol. The number of nitrogens with one attached hydrogen (secondary N) is 1. The number of amides is 1. The van der Waals surface area contributed by atoms with Crippen molar-refractivity contribution < 1.29 is 22.7 Å². The van der Waals surface area contributed by atoms with Crippen molar-refractivity contribution in [2.45, 2.75) is 25.2 Å². The zero-order valence-electron chi connectivity index (χ0n) is 16.3. The molecule has 1 aliphatic rings. The number of fused-ring (bicyclic) bond motifs is 1. The Morgan fingerprint density at radius 1 is 1.29 bits per heavy atom. The molecule has 4 rings (SSSR count). The lowest BCUT2D eigenvalue weighted by Gasteiger charge is -2.14. The highest BCUT2D eigenvalue weighted by Crippen LogP contribution is 2.32. The number of hydrogen-bond acceptors (Lipinski definition) is 5. The van der Waals surface area contributed by atoms with E-state index in [2.05, 4.69) is 15.4 Å². The van der Waals surface area contributed by atoms with Crippen LogP contribution in [-0.2, 0) is 12.7 Å². The largest absolute Gasteiger partial charge is 0.481 e. The lowest BCUT2D eigenvalue weighted by atomic mass is 10.0. The minimum Gasteiger partial charge on any atom is -0.481 e. The maximum absolute atomic E-state index is 13.1. The number of rotatable bonds is 4. The van der Waals surface area contributed by atoms with Gasteiger partial charge in [0, 0.05) is 29.9 Å². The molecule has 31 heavy (non-hydrogen) atoms. The van der Waals surface area contributed by atoms with Crippen LogP contribution in [-0.4, -0.2) is 27.8 Å². The molecule has 1 aromatic carbocycles. The molecule has 1 atom stereocenters. The lowest BCUT2D eigenvalue weighted by molar-refractivity contribution is -0.137. The lowest BCUT2D eigenvalue weighted by Crippen LogP contribution is -2.27. The number of carbonyl (C=O) groups excluding carboxylic acids is 1. The molecule has 0 saturated heterocycles. The van der Waals surface area contributed by atoms with Gasteiger partial charge in [-0.2, -0.15) is 23.5 Å². The van der Waals surface area contributed by atoms with Crippen LogP contribution in [0.4, 0.5) is 13.2 Å². The molecule has 3 aromatic rings. The van der Waals surface area contributed by atoms with Crippen molar-refractivity contribution in [3.63, 3.8) is 0 Å². The third-order valence-corrected chi connectivity index (χ3v) is 4.99. The Bertz CT molecular complexity index is 1200. The van der Waals surface area contributed by atoms with Crippen LogP contribution in [0.25, 0.3) is 11.3 Å². The predicted octanol–water partition coefficient (Wildman–Crippen LogP) is 3.72. The van der Waals surface area contributed by atoms with Gasteiger partial charge in [-0.05, 0) is 36.8 Å². The van der Waals surface area contributed by atoms with Crippen molar-refractivity contribution in [1.29, 1.82) is 5.26 Å². The van der Waals surface area contributed by atoms with Crippen LogP contribution < -0.4 is 10.1 Å². The molecule has 3 heterocycles. The summed E-state index contributed by atoms with van der Waals surface area (Å²) >= 11 is 0. The SMILES string of the molecule is COc1cc(-c2cc3n(n2)CCC3NC(=O)c2cc(C#N)cc(C(F)(F)F)c2)ccn1. The van der Waals surface area contributed by atoms with Crippen LogP contribution in [0, 0.1) is 11.3 Å². The van der Waals surface area contributed by atoms with E-state index >= 15 is 0 Å². The highest BCUT2D eigenvalue weighted by molar-refractivity contribution is 5.95. The zero-order chi connectivity index (χ0) is 22.2. The van der Waals surface area contributed by atoms with Gasteiger partial charge in [0.15, 0.2) is 0 Å². The van der Waals surface area contributed by atoms with Gasteiger partial charge in [-0.15, -0.1) is 0 Å². The number of halogens is 3. The molecule has 2 aromatic heterocycles. The fraction of sp³-hybridized carbons (Fsp3) is 0.238. The monoisotopic (exact) mass is 427 g/mol. The van der Waals surface area contributed by atoms with E-state index in [4.69, 9.17) is 10.00 Å². The molecule has 1 aliphatic heterocycles. The zero-order valence-corrected chi connectivity index (χ0v) is 16.3. The van der Waals surface area contributed by atoms with Crippen LogP contribution in [0.3, 0.4) is 0 Å². The summed E-state index contributed by atoms with van der Waals surface area (Å²) in [7, 11) is 1.51. The van der Waals surface area contributed by atoms with Crippen molar-refractivity contribution in [3.05, 3.63) is 65.0 Å². The standard InChI is InChI=1S/C21H16F3N5O2/c1-31-19-9-13(2-4-26-19)17-10-18-16(3-5-29(18)28-17)27-20(30)14-6-12(11-25)7-15(8-14)21(22,23)24/h2,4,6-10,16H,3,5H2,1H3,(H,27,30). The minimum absolute atomic E-state index is 0.219. The van der Waals surface area contributed by atoms with Crippen molar-refractivity contribution in [2.24, 2.45) is 0 Å². The van der Waals surface area contributed by atoms with Crippen molar-refractivity contribution in [3.8, 4) is 23.2 Å². The van der Waals surface area contributed by atoms with Gasteiger partial charge in [-0.1, -0.05) is 0 Å². The van der Waals surface area contributed by atoms with E-state index in [9.17, 15) is 18.0 Å².